The van der Waals surface area contributed by atoms with Crippen LogP contribution in [0.25, 0.3) is 0 Å². The summed E-state index contributed by atoms with van der Waals surface area (Å²) in [7, 11) is 0. The monoisotopic (exact) mass is 270 g/mol. The van der Waals surface area contributed by atoms with Crippen LogP contribution in [0.5, 0.6) is 0 Å². The fourth-order valence-corrected chi connectivity index (χ4v) is 2.72. The highest BCUT2D eigenvalue weighted by molar-refractivity contribution is 5.64. The minimum absolute atomic E-state index is 0.463. The first-order valence-corrected chi connectivity index (χ1v) is 7.34. The Balaban J connectivity index is 1.77. The Labute approximate surface area is 120 Å². The van der Waals surface area contributed by atoms with E-state index in [1.165, 1.54) is 11.3 Å². The van der Waals surface area contributed by atoms with Gasteiger partial charge in [0.2, 0.25) is 0 Å². The maximum atomic E-state index is 5.90. The lowest BCUT2D eigenvalue weighted by atomic mass is 10.1. The Kier molecular flexibility index (Phi) is 3.38. The van der Waals surface area contributed by atoms with Crippen LogP contribution in [-0.4, -0.2) is 16.3 Å². The van der Waals surface area contributed by atoms with E-state index >= 15 is 0 Å². The molecule has 1 aromatic heterocycles. The zero-order chi connectivity index (χ0) is 14.1. The zero-order valence-corrected chi connectivity index (χ0v) is 12.2. The number of anilines is 2. The normalized spacial score (nSPS) is 15.4. The van der Waals surface area contributed by atoms with E-state index in [1.807, 2.05) is 6.07 Å². The molecular weight excluding hydrogens is 248 g/mol. The van der Waals surface area contributed by atoms with E-state index in [0.717, 1.165) is 37.3 Å². The van der Waals surface area contributed by atoms with Gasteiger partial charge in [-0.25, -0.2) is 0 Å². The fraction of sp³-hybridized carbons (Fsp3) is 0.438. The molecule has 4 nitrogen and oxygen atoms in total. The summed E-state index contributed by atoms with van der Waals surface area (Å²) in [6, 6.07) is 8.79. The van der Waals surface area contributed by atoms with Crippen molar-refractivity contribution in [1.29, 1.82) is 0 Å². The van der Waals surface area contributed by atoms with Crippen molar-refractivity contribution >= 4 is 11.4 Å². The van der Waals surface area contributed by atoms with Gasteiger partial charge in [-0.2, -0.15) is 5.10 Å². The van der Waals surface area contributed by atoms with Gasteiger partial charge in [0.25, 0.3) is 0 Å². The summed E-state index contributed by atoms with van der Waals surface area (Å²) in [5, 5.41) is 4.68. The second kappa shape index (κ2) is 5.19. The number of rotatable bonds is 4. The highest BCUT2D eigenvalue weighted by atomic mass is 15.3. The summed E-state index contributed by atoms with van der Waals surface area (Å²) in [5.41, 5.74) is 10.5. The summed E-state index contributed by atoms with van der Waals surface area (Å²) in [4.78, 5) is 2.37. The molecule has 1 unspecified atom stereocenters. The Morgan fingerprint density at radius 1 is 1.35 bits per heavy atom. The lowest BCUT2D eigenvalue weighted by Crippen LogP contribution is -2.20. The second-order valence-corrected chi connectivity index (χ2v) is 5.60. The molecule has 0 amide bonds. The molecule has 0 spiro atoms. The van der Waals surface area contributed by atoms with Crippen molar-refractivity contribution in [2.24, 2.45) is 0 Å². The first kappa shape index (κ1) is 13.0. The molecule has 1 aliphatic rings. The van der Waals surface area contributed by atoms with Crippen molar-refractivity contribution in [2.45, 2.75) is 39.3 Å². The van der Waals surface area contributed by atoms with Crippen LogP contribution in [0, 0.1) is 0 Å². The topological polar surface area (TPSA) is 47.1 Å². The van der Waals surface area contributed by atoms with Crippen LogP contribution in [0.4, 0.5) is 11.4 Å². The molecule has 1 aliphatic heterocycles. The third-order valence-corrected chi connectivity index (χ3v) is 4.16. The molecule has 0 aliphatic carbocycles. The average molecular weight is 270 g/mol. The molecule has 0 bridgehead atoms. The number of nitrogen functional groups attached to an aromatic ring is 1. The third-order valence-electron chi connectivity index (χ3n) is 4.16. The van der Waals surface area contributed by atoms with Gasteiger partial charge in [0.15, 0.2) is 0 Å². The lowest BCUT2D eigenvalue weighted by Gasteiger charge is -2.18. The van der Waals surface area contributed by atoms with Gasteiger partial charge in [0.05, 0.1) is 12.2 Å². The predicted molar refractivity (Wildman–Crippen MR) is 82.8 cm³/mol. The van der Waals surface area contributed by atoms with E-state index in [9.17, 15) is 0 Å². The van der Waals surface area contributed by atoms with Crippen LogP contribution >= 0.6 is 0 Å². The van der Waals surface area contributed by atoms with Gasteiger partial charge in [-0.05, 0) is 43.5 Å². The average Bonchev–Trinajstić information content (AvgIpc) is 3.06. The molecule has 0 saturated carbocycles. The van der Waals surface area contributed by atoms with E-state index in [0.29, 0.717) is 6.04 Å². The molecule has 2 N–H and O–H groups in total. The number of hydrogen-bond acceptors (Lipinski definition) is 3. The molecule has 2 heterocycles. The number of aromatic nitrogens is 2. The van der Waals surface area contributed by atoms with Crippen molar-refractivity contribution in [3.05, 3.63) is 41.7 Å². The number of fused-ring (bicyclic) bond motifs is 1. The molecule has 0 fully saturated rings. The number of nitrogens with two attached hydrogens (primary N) is 1. The second-order valence-electron chi connectivity index (χ2n) is 5.60. The summed E-state index contributed by atoms with van der Waals surface area (Å²) in [6.07, 6.45) is 4.28. The molecule has 106 valence electrons. The summed E-state index contributed by atoms with van der Waals surface area (Å²) in [5.74, 6) is 0. The van der Waals surface area contributed by atoms with Gasteiger partial charge < -0.3 is 10.6 Å². The highest BCUT2D eigenvalue weighted by Crippen LogP contribution is 2.30. The van der Waals surface area contributed by atoms with Gasteiger partial charge in [0, 0.05) is 30.2 Å². The SMILES string of the molecule is CCC(C)n1ccc(CN2CCc3ccc(N)cc32)n1. The Morgan fingerprint density at radius 2 is 2.20 bits per heavy atom. The van der Waals surface area contributed by atoms with Crippen LogP contribution in [0.1, 0.15) is 37.6 Å². The highest BCUT2D eigenvalue weighted by Gasteiger charge is 2.20. The van der Waals surface area contributed by atoms with Crippen LogP contribution in [0.15, 0.2) is 30.5 Å². The van der Waals surface area contributed by atoms with E-state index in [2.05, 4.69) is 52.9 Å². The molecule has 3 rings (SSSR count). The van der Waals surface area contributed by atoms with Gasteiger partial charge in [-0.3, -0.25) is 4.68 Å². The van der Waals surface area contributed by atoms with Gasteiger partial charge in [-0.15, -0.1) is 0 Å². The third kappa shape index (κ3) is 2.38. The first-order valence-electron chi connectivity index (χ1n) is 7.34. The van der Waals surface area contributed by atoms with Crippen molar-refractivity contribution in [3.63, 3.8) is 0 Å². The molecule has 20 heavy (non-hydrogen) atoms. The largest absolute Gasteiger partial charge is 0.399 e. The molecule has 4 heteroatoms. The van der Waals surface area contributed by atoms with Gasteiger partial charge in [0.1, 0.15) is 0 Å². The number of nitrogens with zero attached hydrogens (tertiary/aromatic N) is 3. The fourth-order valence-electron chi connectivity index (χ4n) is 2.72. The minimum atomic E-state index is 0.463. The van der Waals surface area contributed by atoms with Crippen molar-refractivity contribution in [1.82, 2.24) is 9.78 Å². The van der Waals surface area contributed by atoms with Crippen molar-refractivity contribution in [3.8, 4) is 0 Å². The maximum Gasteiger partial charge on any atom is 0.0817 e. The van der Waals surface area contributed by atoms with Gasteiger partial charge >= 0.3 is 0 Å². The van der Waals surface area contributed by atoms with E-state index in [4.69, 9.17) is 5.73 Å². The molecule has 1 atom stereocenters. The quantitative estimate of drug-likeness (QED) is 0.869. The molecule has 0 saturated heterocycles. The summed E-state index contributed by atoms with van der Waals surface area (Å²) in [6.45, 7) is 6.29. The predicted octanol–water partition coefficient (Wildman–Crippen LogP) is 3.00. The summed E-state index contributed by atoms with van der Waals surface area (Å²) >= 11 is 0. The lowest BCUT2D eigenvalue weighted by molar-refractivity contribution is 0.473. The molecule has 2 aromatic rings. The Bertz CT molecular complexity index is 602. The summed E-state index contributed by atoms with van der Waals surface area (Å²) < 4.78 is 2.06. The molecule has 1 aromatic carbocycles. The van der Waals surface area contributed by atoms with E-state index in [1.54, 1.807) is 0 Å². The van der Waals surface area contributed by atoms with E-state index < -0.39 is 0 Å². The van der Waals surface area contributed by atoms with Crippen LogP contribution in [0.2, 0.25) is 0 Å². The minimum Gasteiger partial charge on any atom is -0.399 e. The van der Waals surface area contributed by atoms with Crippen LogP contribution in [0.3, 0.4) is 0 Å². The van der Waals surface area contributed by atoms with Crippen LogP contribution in [-0.2, 0) is 13.0 Å². The molecular formula is C16H22N4. The smallest absolute Gasteiger partial charge is 0.0817 e. The first-order chi connectivity index (χ1) is 9.67. The van der Waals surface area contributed by atoms with Crippen LogP contribution < -0.4 is 10.6 Å². The number of benzene rings is 1. The number of hydrogen-bond donors (Lipinski definition) is 1. The standard InChI is InChI=1S/C16H22N4/c1-3-12(2)20-9-7-15(18-20)11-19-8-6-13-4-5-14(17)10-16(13)19/h4-5,7,9-10,12H,3,6,8,11,17H2,1-2H3. The Hall–Kier alpha value is -1.97. The van der Waals surface area contributed by atoms with Crippen molar-refractivity contribution in [2.75, 3.05) is 17.2 Å². The maximum absolute atomic E-state index is 5.90. The molecule has 0 radical (unpaired) electrons. The zero-order valence-electron chi connectivity index (χ0n) is 12.2. The van der Waals surface area contributed by atoms with Gasteiger partial charge in [-0.1, -0.05) is 13.0 Å². The Morgan fingerprint density at radius 3 is 3.00 bits per heavy atom. The van der Waals surface area contributed by atoms with E-state index in [-0.39, 0.29) is 0 Å². The van der Waals surface area contributed by atoms with Crippen molar-refractivity contribution < 1.29 is 0 Å².